The fraction of sp³-hybridized carbons (Fsp3) is 0.429. The maximum Gasteiger partial charge on any atom is 0.260 e. The first-order valence-electron chi connectivity index (χ1n) is 13.3. The van der Waals surface area contributed by atoms with Gasteiger partial charge in [-0.05, 0) is 38.0 Å². The highest BCUT2D eigenvalue weighted by Crippen LogP contribution is 2.40. The first-order valence-corrected chi connectivity index (χ1v) is 13.3. The molecule has 0 bridgehead atoms. The van der Waals surface area contributed by atoms with Crippen molar-refractivity contribution in [2.75, 3.05) is 73.5 Å². The minimum Gasteiger partial charge on any atom is -0.379 e. The third-order valence-corrected chi connectivity index (χ3v) is 7.85. The van der Waals surface area contributed by atoms with Gasteiger partial charge in [-0.1, -0.05) is 12.1 Å². The first-order chi connectivity index (χ1) is 18.5. The fourth-order valence-corrected chi connectivity index (χ4v) is 5.78. The Hall–Kier alpha value is -3.76. The second-order valence-electron chi connectivity index (χ2n) is 10.1. The highest BCUT2D eigenvalue weighted by atomic mass is 16.5. The van der Waals surface area contributed by atoms with Gasteiger partial charge in [-0.15, -0.1) is 0 Å². The average Bonchev–Trinajstić information content (AvgIpc) is 3.03. The molecule has 1 amide bonds. The number of aryl methyl sites for hydroxylation is 1. The van der Waals surface area contributed by atoms with Gasteiger partial charge in [0.2, 0.25) is 5.95 Å². The largest absolute Gasteiger partial charge is 0.379 e. The van der Waals surface area contributed by atoms with Crippen LogP contribution in [0, 0.1) is 6.92 Å². The summed E-state index contributed by atoms with van der Waals surface area (Å²) in [5, 5.41) is 3.38. The van der Waals surface area contributed by atoms with Crippen LogP contribution in [-0.2, 0) is 4.74 Å². The van der Waals surface area contributed by atoms with Crippen LogP contribution in [-0.4, -0.2) is 85.3 Å². The molecule has 5 heterocycles. The number of benzene rings is 1. The average molecular weight is 515 g/mol. The van der Waals surface area contributed by atoms with Crippen molar-refractivity contribution >= 4 is 40.6 Å². The van der Waals surface area contributed by atoms with E-state index in [2.05, 4.69) is 26.2 Å². The smallest absolute Gasteiger partial charge is 0.260 e. The third-order valence-electron chi connectivity index (χ3n) is 7.85. The molecule has 0 atom stereocenters. The van der Waals surface area contributed by atoms with E-state index in [1.807, 2.05) is 55.4 Å². The van der Waals surface area contributed by atoms with Crippen LogP contribution in [0.2, 0.25) is 0 Å². The number of morpholine rings is 1. The SMILES string of the molecule is Cc1nc(Nc2ccnc(N3CCC(N4CCOCC4)CC3)c2)nc2c1N(C)C(=O)c1ccccc1N2C. The van der Waals surface area contributed by atoms with E-state index in [0.29, 0.717) is 29.1 Å². The van der Waals surface area contributed by atoms with Crippen LogP contribution in [0.3, 0.4) is 0 Å². The lowest BCUT2D eigenvalue weighted by atomic mass is 10.0. The van der Waals surface area contributed by atoms with Crippen molar-refractivity contribution in [3.8, 4) is 0 Å². The number of piperidine rings is 1. The summed E-state index contributed by atoms with van der Waals surface area (Å²) >= 11 is 0. The third kappa shape index (κ3) is 4.54. The van der Waals surface area contributed by atoms with E-state index in [1.54, 1.807) is 11.9 Å². The molecule has 38 heavy (non-hydrogen) atoms. The minimum atomic E-state index is -0.0743. The number of carbonyl (C=O) groups excluding carboxylic acids is 1. The minimum absolute atomic E-state index is 0.0743. The molecule has 2 fully saturated rings. The van der Waals surface area contributed by atoms with Crippen LogP contribution in [0.5, 0.6) is 0 Å². The number of hydrogen-bond donors (Lipinski definition) is 1. The van der Waals surface area contributed by atoms with Gasteiger partial charge in [-0.25, -0.2) is 9.97 Å². The lowest BCUT2D eigenvalue weighted by Crippen LogP contribution is -2.49. The molecule has 3 aromatic rings. The van der Waals surface area contributed by atoms with Crippen molar-refractivity contribution in [3.63, 3.8) is 0 Å². The molecule has 1 aromatic carbocycles. The molecule has 0 radical (unpaired) electrons. The molecule has 0 spiro atoms. The predicted octanol–water partition coefficient (Wildman–Crippen LogP) is 3.58. The van der Waals surface area contributed by atoms with Crippen molar-refractivity contribution < 1.29 is 9.53 Å². The van der Waals surface area contributed by atoms with Gasteiger partial charge in [0.1, 0.15) is 11.5 Å². The Bertz CT molecular complexity index is 1330. The first kappa shape index (κ1) is 24.6. The Balaban J connectivity index is 1.22. The van der Waals surface area contributed by atoms with E-state index in [9.17, 15) is 4.79 Å². The quantitative estimate of drug-likeness (QED) is 0.561. The summed E-state index contributed by atoms with van der Waals surface area (Å²) in [6.07, 6.45) is 4.09. The number of nitrogens with one attached hydrogen (secondary N) is 1. The summed E-state index contributed by atoms with van der Waals surface area (Å²) in [5.41, 5.74) is 3.77. The van der Waals surface area contributed by atoms with E-state index in [4.69, 9.17) is 14.7 Å². The number of ether oxygens (including phenoxy) is 1. The second-order valence-corrected chi connectivity index (χ2v) is 10.1. The van der Waals surface area contributed by atoms with Gasteiger partial charge in [0.15, 0.2) is 5.82 Å². The monoisotopic (exact) mass is 514 g/mol. The van der Waals surface area contributed by atoms with Crippen LogP contribution in [0.15, 0.2) is 42.6 Å². The molecular weight excluding hydrogens is 480 g/mol. The summed E-state index contributed by atoms with van der Waals surface area (Å²) in [4.78, 5) is 35.9. The fourth-order valence-electron chi connectivity index (χ4n) is 5.78. The van der Waals surface area contributed by atoms with Gasteiger partial charge in [0.25, 0.3) is 5.91 Å². The number of hydrogen-bond acceptors (Lipinski definition) is 9. The van der Waals surface area contributed by atoms with Gasteiger partial charge in [0.05, 0.1) is 30.2 Å². The zero-order chi connectivity index (χ0) is 26.2. The van der Waals surface area contributed by atoms with Crippen LogP contribution < -0.4 is 20.0 Å². The molecule has 2 saturated heterocycles. The lowest BCUT2D eigenvalue weighted by Gasteiger charge is -2.40. The summed E-state index contributed by atoms with van der Waals surface area (Å²) < 4.78 is 5.52. The number of nitrogens with zero attached hydrogens (tertiary/aromatic N) is 7. The van der Waals surface area contributed by atoms with E-state index >= 15 is 0 Å². The van der Waals surface area contributed by atoms with E-state index in [1.165, 1.54) is 0 Å². The van der Waals surface area contributed by atoms with Gasteiger partial charge in [-0.3, -0.25) is 9.69 Å². The van der Waals surface area contributed by atoms with Crippen LogP contribution >= 0.6 is 0 Å². The molecule has 2 aromatic heterocycles. The number of aromatic nitrogens is 3. The van der Waals surface area contributed by atoms with Gasteiger partial charge in [0, 0.05) is 64.3 Å². The van der Waals surface area contributed by atoms with Gasteiger partial charge >= 0.3 is 0 Å². The summed E-state index contributed by atoms with van der Waals surface area (Å²) in [6, 6.07) is 12.2. The number of carbonyl (C=O) groups is 1. The van der Waals surface area contributed by atoms with Crippen molar-refractivity contribution in [1.82, 2.24) is 19.9 Å². The Morgan fingerprint density at radius 3 is 2.53 bits per heavy atom. The summed E-state index contributed by atoms with van der Waals surface area (Å²) in [6.45, 7) is 7.63. The van der Waals surface area contributed by atoms with Crippen LogP contribution in [0.1, 0.15) is 28.9 Å². The van der Waals surface area contributed by atoms with Crippen molar-refractivity contribution in [2.24, 2.45) is 0 Å². The molecule has 1 N–H and O–H groups in total. The normalized spacial score (nSPS) is 18.7. The maximum atomic E-state index is 13.2. The Morgan fingerprint density at radius 2 is 1.74 bits per heavy atom. The van der Waals surface area contributed by atoms with Crippen LogP contribution in [0.4, 0.5) is 34.6 Å². The number of fused-ring (bicyclic) bond motifs is 2. The Morgan fingerprint density at radius 1 is 0.974 bits per heavy atom. The molecular formula is C28H34N8O2. The molecule has 10 nitrogen and oxygen atoms in total. The highest BCUT2D eigenvalue weighted by molar-refractivity contribution is 6.13. The number of para-hydroxylation sites is 1. The van der Waals surface area contributed by atoms with Crippen molar-refractivity contribution in [2.45, 2.75) is 25.8 Å². The highest BCUT2D eigenvalue weighted by Gasteiger charge is 2.31. The van der Waals surface area contributed by atoms with Crippen molar-refractivity contribution in [3.05, 3.63) is 53.9 Å². The zero-order valence-corrected chi connectivity index (χ0v) is 22.2. The number of anilines is 6. The summed E-state index contributed by atoms with van der Waals surface area (Å²) in [7, 11) is 3.71. The molecule has 3 aliphatic rings. The molecule has 3 aliphatic heterocycles. The van der Waals surface area contributed by atoms with E-state index in [-0.39, 0.29) is 5.91 Å². The van der Waals surface area contributed by atoms with Gasteiger partial charge < -0.3 is 24.8 Å². The predicted molar refractivity (Wildman–Crippen MR) is 149 cm³/mol. The van der Waals surface area contributed by atoms with E-state index in [0.717, 1.165) is 75.1 Å². The molecule has 0 unspecified atom stereocenters. The molecule has 0 saturated carbocycles. The standard InChI is InChI=1S/C28H34N8O2/c1-19-25-26(33(2)23-7-5-4-6-22(23)27(37)34(25)3)32-28(30-19)31-20-8-11-29-24(18-20)36-12-9-21(10-13-36)35-14-16-38-17-15-35/h4-8,11,18,21H,9-10,12-17H2,1-3H3,(H,29,30,31,32). The lowest BCUT2D eigenvalue weighted by molar-refractivity contribution is 0.0115. The molecule has 6 rings (SSSR count). The molecule has 0 aliphatic carbocycles. The maximum absolute atomic E-state index is 13.2. The summed E-state index contributed by atoms with van der Waals surface area (Å²) in [5.74, 6) is 2.05. The Labute approximate surface area is 223 Å². The molecule has 198 valence electrons. The number of amides is 1. The zero-order valence-electron chi connectivity index (χ0n) is 22.2. The van der Waals surface area contributed by atoms with E-state index < -0.39 is 0 Å². The number of pyridine rings is 1. The van der Waals surface area contributed by atoms with Crippen LogP contribution in [0.25, 0.3) is 0 Å². The molecule has 10 heteroatoms. The Kier molecular flexibility index (Phi) is 6.59. The number of rotatable bonds is 4. The van der Waals surface area contributed by atoms with Crippen molar-refractivity contribution in [1.29, 1.82) is 0 Å². The topological polar surface area (TPSA) is 90.0 Å². The van der Waals surface area contributed by atoms with Gasteiger partial charge in [-0.2, -0.15) is 4.98 Å². The second kappa shape index (κ2) is 10.2.